The van der Waals surface area contributed by atoms with Gasteiger partial charge in [-0.05, 0) is 31.7 Å². The molecule has 1 amide bonds. The molecule has 3 nitrogen and oxygen atoms in total. The average molecular weight is 273 g/mol. The van der Waals surface area contributed by atoms with Crippen LogP contribution in [0.3, 0.4) is 0 Å². The van der Waals surface area contributed by atoms with Crippen LogP contribution in [0.15, 0.2) is 12.3 Å². The summed E-state index contributed by atoms with van der Waals surface area (Å²) in [6.45, 7) is 2.09. The Labute approximate surface area is 111 Å². The van der Waals surface area contributed by atoms with Gasteiger partial charge in [-0.3, -0.25) is 4.79 Å². The van der Waals surface area contributed by atoms with Gasteiger partial charge >= 0.3 is 0 Å². The van der Waals surface area contributed by atoms with Crippen LogP contribution in [0.2, 0.25) is 10.2 Å². The number of nitrogens with one attached hydrogen (secondary N) is 1. The fourth-order valence-electron chi connectivity index (χ4n) is 2.03. The first-order chi connectivity index (χ1) is 8.06. The van der Waals surface area contributed by atoms with E-state index < -0.39 is 0 Å². The molecule has 1 aliphatic rings. The molecule has 1 aliphatic carbocycles. The molecule has 0 aliphatic heterocycles. The Hall–Kier alpha value is -0.800. The standard InChI is InChI=1S/C12H14Cl2N2O/c1-2-12(4-3-5-12)16-11(17)8-6-9(13)10(14)15-7-8/h6-7H,2-5H2,1H3,(H,16,17). The van der Waals surface area contributed by atoms with Crippen LogP contribution in [-0.4, -0.2) is 16.4 Å². The van der Waals surface area contributed by atoms with Crippen LogP contribution in [0.4, 0.5) is 0 Å². The van der Waals surface area contributed by atoms with Crippen LogP contribution in [0.1, 0.15) is 43.0 Å². The predicted octanol–water partition coefficient (Wildman–Crippen LogP) is 3.45. The van der Waals surface area contributed by atoms with Gasteiger partial charge in [-0.15, -0.1) is 0 Å². The smallest absolute Gasteiger partial charge is 0.253 e. The minimum absolute atomic E-state index is 0.0246. The zero-order valence-electron chi connectivity index (χ0n) is 9.59. The lowest BCUT2D eigenvalue weighted by molar-refractivity contribution is 0.0820. The lowest BCUT2D eigenvalue weighted by Crippen LogP contribution is -2.52. The first kappa shape index (κ1) is 12.7. The van der Waals surface area contributed by atoms with Gasteiger partial charge in [0.25, 0.3) is 5.91 Å². The number of pyridine rings is 1. The fraction of sp³-hybridized carbons (Fsp3) is 0.500. The van der Waals surface area contributed by atoms with Gasteiger partial charge in [0.05, 0.1) is 10.6 Å². The number of carbonyl (C=O) groups excluding carboxylic acids is 1. The van der Waals surface area contributed by atoms with Crippen molar-refractivity contribution in [3.8, 4) is 0 Å². The monoisotopic (exact) mass is 272 g/mol. The third kappa shape index (κ3) is 2.55. The topological polar surface area (TPSA) is 42.0 Å². The third-order valence-corrected chi connectivity index (χ3v) is 4.11. The molecule has 0 aromatic carbocycles. The molecule has 0 radical (unpaired) electrons. The highest BCUT2D eigenvalue weighted by atomic mass is 35.5. The van der Waals surface area contributed by atoms with E-state index in [4.69, 9.17) is 23.2 Å². The van der Waals surface area contributed by atoms with Crippen molar-refractivity contribution in [3.63, 3.8) is 0 Å². The van der Waals surface area contributed by atoms with Gasteiger partial charge in [-0.2, -0.15) is 0 Å². The summed E-state index contributed by atoms with van der Waals surface area (Å²) in [5.74, 6) is -0.127. The number of aromatic nitrogens is 1. The van der Waals surface area contributed by atoms with Gasteiger partial charge in [-0.25, -0.2) is 4.98 Å². The fourth-order valence-corrected chi connectivity index (χ4v) is 2.30. The minimum atomic E-state index is -0.127. The Bertz CT molecular complexity index is 439. The zero-order chi connectivity index (χ0) is 12.5. The van der Waals surface area contributed by atoms with Crippen LogP contribution in [-0.2, 0) is 0 Å². The quantitative estimate of drug-likeness (QED) is 0.857. The predicted molar refractivity (Wildman–Crippen MR) is 68.6 cm³/mol. The van der Waals surface area contributed by atoms with Crippen LogP contribution in [0.25, 0.3) is 0 Å². The summed E-state index contributed by atoms with van der Waals surface area (Å²) in [6.07, 6.45) is 5.67. The normalized spacial score (nSPS) is 17.4. The summed E-state index contributed by atoms with van der Waals surface area (Å²) in [6, 6.07) is 1.55. The van der Waals surface area contributed by atoms with Crippen molar-refractivity contribution >= 4 is 29.1 Å². The molecule has 1 heterocycles. The molecule has 0 spiro atoms. The molecular formula is C12H14Cl2N2O. The second-order valence-corrected chi connectivity index (χ2v) is 5.20. The average Bonchev–Trinajstić information content (AvgIpc) is 2.27. The maximum atomic E-state index is 12.0. The van der Waals surface area contributed by atoms with Crippen molar-refractivity contribution in [1.29, 1.82) is 0 Å². The minimum Gasteiger partial charge on any atom is -0.347 e. The maximum Gasteiger partial charge on any atom is 0.253 e. The number of amides is 1. The van der Waals surface area contributed by atoms with E-state index in [0.29, 0.717) is 10.6 Å². The van der Waals surface area contributed by atoms with Crippen LogP contribution >= 0.6 is 23.2 Å². The van der Waals surface area contributed by atoms with Crippen molar-refractivity contribution in [2.45, 2.75) is 38.1 Å². The molecule has 1 aromatic heterocycles. The van der Waals surface area contributed by atoms with Crippen LogP contribution in [0, 0.1) is 0 Å². The van der Waals surface area contributed by atoms with Gasteiger partial charge in [0.2, 0.25) is 0 Å². The number of nitrogens with zero attached hydrogens (tertiary/aromatic N) is 1. The van der Waals surface area contributed by atoms with E-state index in [1.807, 2.05) is 0 Å². The van der Waals surface area contributed by atoms with Gasteiger partial charge in [-0.1, -0.05) is 30.1 Å². The summed E-state index contributed by atoms with van der Waals surface area (Å²) in [4.78, 5) is 15.9. The SMILES string of the molecule is CCC1(NC(=O)c2cnc(Cl)c(Cl)c2)CCC1. The summed E-state index contributed by atoms with van der Waals surface area (Å²) >= 11 is 11.5. The van der Waals surface area contributed by atoms with Crippen molar-refractivity contribution in [2.24, 2.45) is 0 Å². The summed E-state index contributed by atoms with van der Waals surface area (Å²) in [7, 11) is 0. The van der Waals surface area contributed by atoms with E-state index in [2.05, 4.69) is 17.2 Å². The van der Waals surface area contributed by atoms with E-state index in [0.717, 1.165) is 19.3 Å². The van der Waals surface area contributed by atoms with E-state index >= 15 is 0 Å². The molecule has 2 rings (SSSR count). The van der Waals surface area contributed by atoms with E-state index in [1.54, 1.807) is 6.07 Å². The van der Waals surface area contributed by atoms with Crippen molar-refractivity contribution in [2.75, 3.05) is 0 Å². The molecule has 1 saturated carbocycles. The Morgan fingerprint density at radius 1 is 1.53 bits per heavy atom. The first-order valence-electron chi connectivity index (χ1n) is 5.70. The second kappa shape index (κ2) is 4.83. The number of hydrogen-bond donors (Lipinski definition) is 1. The van der Waals surface area contributed by atoms with Crippen molar-refractivity contribution in [3.05, 3.63) is 28.0 Å². The first-order valence-corrected chi connectivity index (χ1v) is 6.45. The molecule has 5 heteroatoms. The molecule has 92 valence electrons. The van der Waals surface area contributed by atoms with Crippen molar-refractivity contribution in [1.82, 2.24) is 10.3 Å². The second-order valence-electron chi connectivity index (χ2n) is 4.44. The third-order valence-electron chi connectivity index (χ3n) is 3.42. The number of rotatable bonds is 3. The van der Waals surface area contributed by atoms with Gasteiger partial charge < -0.3 is 5.32 Å². The van der Waals surface area contributed by atoms with Crippen LogP contribution in [0.5, 0.6) is 0 Å². The Morgan fingerprint density at radius 2 is 2.24 bits per heavy atom. The number of hydrogen-bond acceptors (Lipinski definition) is 2. The molecule has 0 bridgehead atoms. The highest BCUT2D eigenvalue weighted by Crippen LogP contribution is 2.35. The lowest BCUT2D eigenvalue weighted by atomic mass is 9.74. The molecule has 17 heavy (non-hydrogen) atoms. The van der Waals surface area contributed by atoms with E-state index in [9.17, 15) is 4.79 Å². The highest BCUT2D eigenvalue weighted by Gasteiger charge is 2.36. The van der Waals surface area contributed by atoms with Gasteiger partial charge in [0, 0.05) is 11.7 Å². The van der Waals surface area contributed by atoms with Crippen LogP contribution < -0.4 is 5.32 Å². The summed E-state index contributed by atoms with van der Waals surface area (Å²) in [5.41, 5.74) is 0.433. The molecular weight excluding hydrogens is 259 g/mol. The maximum absolute atomic E-state index is 12.0. The highest BCUT2D eigenvalue weighted by molar-refractivity contribution is 6.41. The Morgan fingerprint density at radius 3 is 2.71 bits per heavy atom. The summed E-state index contributed by atoms with van der Waals surface area (Å²) < 4.78 is 0. The Balaban J connectivity index is 2.11. The molecule has 1 aromatic rings. The molecule has 0 atom stereocenters. The van der Waals surface area contributed by atoms with Crippen molar-refractivity contribution < 1.29 is 4.79 Å². The van der Waals surface area contributed by atoms with E-state index in [-0.39, 0.29) is 16.6 Å². The Kier molecular flexibility index (Phi) is 3.59. The molecule has 1 fully saturated rings. The number of carbonyl (C=O) groups is 1. The number of halogens is 2. The molecule has 1 N–H and O–H groups in total. The van der Waals surface area contributed by atoms with Gasteiger partial charge in [0.1, 0.15) is 5.15 Å². The van der Waals surface area contributed by atoms with E-state index in [1.165, 1.54) is 12.6 Å². The van der Waals surface area contributed by atoms with Gasteiger partial charge in [0.15, 0.2) is 0 Å². The lowest BCUT2D eigenvalue weighted by Gasteiger charge is -2.42. The largest absolute Gasteiger partial charge is 0.347 e. The molecule has 0 unspecified atom stereocenters. The molecule has 0 saturated heterocycles. The zero-order valence-corrected chi connectivity index (χ0v) is 11.1. The summed E-state index contributed by atoms with van der Waals surface area (Å²) in [5, 5.41) is 3.59.